The molecule has 4 rings (SSSR count). The average Bonchev–Trinajstić information content (AvgIpc) is 3.29. The molecule has 9 nitrogen and oxygen atoms in total. The number of nitrogens with zero attached hydrogens (tertiary/aromatic N) is 2. The summed E-state index contributed by atoms with van der Waals surface area (Å²) in [6.07, 6.45) is 0.370. The van der Waals surface area contributed by atoms with Crippen LogP contribution in [0.3, 0.4) is 0 Å². The minimum absolute atomic E-state index is 0.0423. The minimum Gasteiger partial charge on any atom is -0.452 e. The van der Waals surface area contributed by atoms with Gasteiger partial charge in [-0.1, -0.05) is 12.1 Å². The third-order valence-corrected chi connectivity index (χ3v) is 7.54. The number of hydrogen-bond donors (Lipinski definition) is 0. The van der Waals surface area contributed by atoms with Crippen LogP contribution in [-0.4, -0.2) is 67.7 Å². The Morgan fingerprint density at radius 2 is 1.64 bits per heavy atom. The van der Waals surface area contributed by atoms with Gasteiger partial charge in [-0.3, -0.25) is 14.4 Å². The zero-order valence-corrected chi connectivity index (χ0v) is 18.7. The molecule has 1 saturated heterocycles. The van der Waals surface area contributed by atoms with Crippen LogP contribution in [0.25, 0.3) is 0 Å². The Morgan fingerprint density at radius 3 is 2.15 bits per heavy atom. The summed E-state index contributed by atoms with van der Waals surface area (Å²) in [5, 5.41) is 0. The van der Waals surface area contributed by atoms with Crippen molar-refractivity contribution in [3.63, 3.8) is 0 Å². The van der Waals surface area contributed by atoms with Crippen LogP contribution in [0.5, 0.6) is 0 Å². The van der Waals surface area contributed by atoms with Gasteiger partial charge in [0.2, 0.25) is 0 Å². The first kappa shape index (κ1) is 22.7. The molecule has 2 aromatic carbocycles. The number of carbonyl (C=O) groups excluding carboxylic acids is 4. The normalized spacial score (nSPS) is 18.8. The van der Waals surface area contributed by atoms with Gasteiger partial charge in [0, 0.05) is 12.6 Å². The highest BCUT2D eigenvalue weighted by Crippen LogP contribution is 2.28. The SMILES string of the molecule is CCN(C(=O)COC(=O)c1ccc(N2C(=O)c3ccccc3C2=O)cc1)[C@@H]1CCS(=O)(=O)C1. The molecule has 0 spiro atoms. The topological polar surface area (TPSA) is 118 Å². The standard InChI is InChI=1S/C23H22N2O7S/c1-2-24(17-11-12-33(30,31)14-17)20(26)13-32-23(29)15-7-9-16(10-8-15)25-21(27)18-5-3-4-6-19(18)22(25)28/h3-10,17H,2,11-14H2,1H3/t17-/m1/s1. The van der Waals surface area contributed by atoms with E-state index in [0.29, 0.717) is 29.8 Å². The van der Waals surface area contributed by atoms with E-state index in [2.05, 4.69) is 0 Å². The first-order valence-corrected chi connectivity index (χ1v) is 12.3. The quantitative estimate of drug-likeness (QED) is 0.466. The number of imide groups is 1. The highest BCUT2D eigenvalue weighted by Gasteiger charge is 2.36. The van der Waals surface area contributed by atoms with Crippen molar-refractivity contribution in [2.45, 2.75) is 19.4 Å². The number of carbonyl (C=O) groups is 4. The summed E-state index contributed by atoms with van der Waals surface area (Å²) in [7, 11) is -3.15. The monoisotopic (exact) mass is 470 g/mol. The van der Waals surface area contributed by atoms with Crippen LogP contribution in [0.2, 0.25) is 0 Å². The molecule has 1 fully saturated rings. The largest absolute Gasteiger partial charge is 0.452 e. The van der Waals surface area contributed by atoms with Gasteiger partial charge in [0.05, 0.1) is 33.9 Å². The summed E-state index contributed by atoms with van der Waals surface area (Å²) in [6, 6.07) is 11.9. The second-order valence-corrected chi connectivity index (χ2v) is 10.1. The number of anilines is 1. The molecule has 0 aromatic heterocycles. The Hall–Kier alpha value is -3.53. The predicted octanol–water partition coefficient (Wildman–Crippen LogP) is 1.68. The molecule has 10 heteroatoms. The van der Waals surface area contributed by atoms with Crippen molar-refractivity contribution in [1.29, 1.82) is 0 Å². The van der Waals surface area contributed by atoms with E-state index in [9.17, 15) is 27.6 Å². The van der Waals surface area contributed by atoms with Gasteiger partial charge in [-0.05, 0) is 49.7 Å². The van der Waals surface area contributed by atoms with Gasteiger partial charge in [0.25, 0.3) is 17.7 Å². The molecule has 0 N–H and O–H groups in total. The maximum absolute atomic E-state index is 12.6. The molecule has 2 aliphatic rings. The Morgan fingerprint density at radius 1 is 1.03 bits per heavy atom. The lowest BCUT2D eigenvalue weighted by Crippen LogP contribution is -2.43. The smallest absolute Gasteiger partial charge is 0.338 e. The molecule has 1 atom stereocenters. The Balaban J connectivity index is 1.39. The van der Waals surface area contributed by atoms with E-state index >= 15 is 0 Å². The Kier molecular flexibility index (Phi) is 6.03. The number of benzene rings is 2. The number of hydrogen-bond acceptors (Lipinski definition) is 7. The minimum atomic E-state index is -3.15. The lowest BCUT2D eigenvalue weighted by molar-refractivity contribution is -0.136. The summed E-state index contributed by atoms with van der Waals surface area (Å²) in [5.74, 6) is -2.13. The number of fused-ring (bicyclic) bond motifs is 1. The van der Waals surface area contributed by atoms with Crippen molar-refractivity contribution in [1.82, 2.24) is 4.90 Å². The predicted molar refractivity (Wildman–Crippen MR) is 119 cm³/mol. The van der Waals surface area contributed by atoms with Gasteiger partial charge in [0.15, 0.2) is 16.4 Å². The zero-order chi connectivity index (χ0) is 23.8. The van der Waals surface area contributed by atoms with Crippen molar-refractivity contribution < 1.29 is 32.3 Å². The number of rotatable bonds is 6. The molecule has 33 heavy (non-hydrogen) atoms. The zero-order valence-electron chi connectivity index (χ0n) is 17.9. The molecule has 2 aromatic rings. The lowest BCUT2D eigenvalue weighted by Gasteiger charge is -2.26. The maximum atomic E-state index is 12.6. The molecule has 172 valence electrons. The van der Waals surface area contributed by atoms with Gasteiger partial charge in [-0.2, -0.15) is 0 Å². The van der Waals surface area contributed by atoms with Crippen molar-refractivity contribution in [2.75, 3.05) is 29.6 Å². The first-order valence-electron chi connectivity index (χ1n) is 10.5. The molecule has 0 unspecified atom stereocenters. The van der Waals surface area contributed by atoms with Crippen LogP contribution in [-0.2, 0) is 19.4 Å². The van der Waals surface area contributed by atoms with Gasteiger partial charge in [-0.25, -0.2) is 18.1 Å². The van der Waals surface area contributed by atoms with Crippen LogP contribution in [0.4, 0.5) is 5.69 Å². The fourth-order valence-corrected chi connectivity index (χ4v) is 5.85. The van der Waals surface area contributed by atoms with Gasteiger partial charge >= 0.3 is 5.97 Å². The molecule has 3 amide bonds. The van der Waals surface area contributed by atoms with E-state index in [-0.39, 0.29) is 17.1 Å². The van der Waals surface area contributed by atoms with Gasteiger partial charge < -0.3 is 9.64 Å². The number of ether oxygens (including phenoxy) is 1. The molecule has 0 saturated carbocycles. The molecule has 0 radical (unpaired) electrons. The van der Waals surface area contributed by atoms with Crippen molar-refractivity contribution in [3.8, 4) is 0 Å². The van der Waals surface area contributed by atoms with Crippen LogP contribution >= 0.6 is 0 Å². The summed E-state index contributed by atoms with van der Waals surface area (Å²) in [6.45, 7) is 1.54. The van der Waals surface area contributed by atoms with E-state index in [1.807, 2.05) is 0 Å². The van der Waals surface area contributed by atoms with E-state index < -0.39 is 46.2 Å². The van der Waals surface area contributed by atoms with Crippen LogP contribution in [0.15, 0.2) is 48.5 Å². The van der Waals surface area contributed by atoms with Gasteiger partial charge in [-0.15, -0.1) is 0 Å². The third kappa shape index (κ3) is 4.38. The molecule has 0 aliphatic carbocycles. The summed E-state index contributed by atoms with van der Waals surface area (Å²) in [4.78, 5) is 52.5. The molecule has 2 aliphatic heterocycles. The van der Waals surface area contributed by atoms with Crippen molar-refractivity contribution in [2.24, 2.45) is 0 Å². The highest BCUT2D eigenvalue weighted by molar-refractivity contribution is 7.91. The number of esters is 1. The Bertz CT molecular complexity index is 1200. The molecular formula is C23H22N2O7S. The average molecular weight is 471 g/mol. The number of likely N-dealkylation sites (N-methyl/N-ethyl adjacent to an activating group) is 1. The van der Waals surface area contributed by atoms with Crippen molar-refractivity contribution in [3.05, 3.63) is 65.2 Å². The van der Waals surface area contributed by atoms with E-state index in [0.717, 1.165) is 4.90 Å². The number of amides is 3. The van der Waals surface area contributed by atoms with E-state index in [4.69, 9.17) is 4.74 Å². The molecule has 2 heterocycles. The summed E-state index contributed by atoms with van der Waals surface area (Å²) < 4.78 is 28.5. The summed E-state index contributed by atoms with van der Waals surface area (Å²) >= 11 is 0. The van der Waals surface area contributed by atoms with Gasteiger partial charge in [0.1, 0.15) is 0 Å². The fourth-order valence-electron chi connectivity index (χ4n) is 4.12. The fraction of sp³-hybridized carbons (Fsp3) is 0.304. The van der Waals surface area contributed by atoms with Crippen LogP contribution < -0.4 is 4.90 Å². The third-order valence-electron chi connectivity index (χ3n) is 5.79. The van der Waals surface area contributed by atoms with Crippen LogP contribution in [0.1, 0.15) is 44.4 Å². The van der Waals surface area contributed by atoms with Crippen LogP contribution in [0, 0.1) is 0 Å². The lowest BCUT2D eigenvalue weighted by atomic mass is 10.1. The Labute approximate surface area is 190 Å². The highest BCUT2D eigenvalue weighted by atomic mass is 32.2. The second-order valence-electron chi connectivity index (χ2n) is 7.85. The van der Waals surface area contributed by atoms with Crippen molar-refractivity contribution >= 4 is 39.2 Å². The van der Waals surface area contributed by atoms with E-state index in [1.165, 1.54) is 29.2 Å². The maximum Gasteiger partial charge on any atom is 0.338 e. The molecule has 0 bridgehead atoms. The number of sulfone groups is 1. The summed E-state index contributed by atoms with van der Waals surface area (Å²) in [5.41, 5.74) is 1.10. The molecular weight excluding hydrogens is 448 g/mol. The van der Waals surface area contributed by atoms with E-state index in [1.54, 1.807) is 31.2 Å². The first-order chi connectivity index (χ1) is 15.7. The second kappa shape index (κ2) is 8.78.